The molecule has 1 N–H and O–H groups in total. The lowest BCUT2D eigenvalue weighted by Crippen LogP contribution is -2.20. The van der Waals surface area contributed by atoms with Crippen molar-refractivity contribution in [3.63, 3.8) is 0 Å². The molecule has 1 heterocycles. The Labute approximate surface area is 128 Å². The van der Waals surface area contributed by atoms with Crippen molar-refractivity contribution in [1.29, 1.82) is 0 Å². The van der Waals surface area contributed by atoms with Gasteiger partial charge in [-0.05, 0) is 49.6 Å². The Morgan fingerprint density at radius 2 is 1.89 bits per heavy atom. The fourth-order valence-corrected chi connectivity index (χ4v) is 3.50. The van der Waals surface area contributed by atoms with E-state index in [0.717, 1.165) is 17.4 Å². The van der Waals surface area contributed by atoms with Crippen molar-refractivity contribution >= 4 is 27.3 Å². The maximum atomic E-state index is 3.67. The van der Waals surface area contributed by atoms with E-state index in [2.05, 4.69) is 72.3 Å². The van der Waals surface area contributed by atoms with E-state index in [1.807, 2.05) is 11.3 Å². The van der Waals surface area contributed by atoms with Crippen LogP contribution in [0.25, 0.3) is 0 Å². The molecule has 102 valence electrons. The minimum absolute atomic E-state index is 0.424. The summed E-state index contributed by atoms with van der Waals surface area (Å²) < 4.78 is 1.13. The molecule has 1 nitrogen and oxygen atoms in total. The number of halogens is 1. The van der Waals surface area contributed by atoms with Crippen molar-refractivity contribution in [2.24, 2.45) is 0 Å². The molecule has 0 amide bonds. The summed E-state index contributed by atoms with van der Waals surface area (Å²) in [5.74, 6) is 0. The summed E-state index contributed by atoms with van der Waals surface area (Å²) in [7, 11) is 0. The molecule has 0 saturated heterocycles. The molecule has 0 fully saturated rings. The van der Waals surface area contributed by atoms with Crippen LogP contribution in [0.15, 0.2) is 34.8 Å². The first-order valence-corrected chi connectivity index (χ1v) is 8.26. The Hall–Kier alpha value is -0.640. The van der Waals surface area contributed by atoms with Gasteiger partial charge < -0.3 is 5.32 Å². The first-order valence-electron chi connectivity index (χ1n) is 6.65. The summed E-state index contributed by atoms with van der Waals surface area (Å²) in [5, 5.41) is 3.67. The van der Waals surface area contributed by atoms with Crippen LogP contribution in [-0.4, -0.2) is 0 Å². The van der Waals surface area contributed by atoms with E-state index in [1.165, 1.54) is 20.9 Å². The summed E-state index contributed by atoms with van der Waals surface area (Å²) in [4.78, 5) is 2.82. The molecule has 2 rings (SSSR count). The summed E-state index contributed by atoms with van der Waals surface area (Å²) in [6, 6.07) is 11.3. The van der Waals surface area contributed by atoms with Crippen molar-refractivity contribution in [2.75, 3.05) is 0 Å². The first kappa shape index (κ1) is 14.8. The van der Waals surface area contributed by atoms with Crippen LogP contribution in [0.3, 0.4) is 0 Å². The Bertz CT molecular complexity index is 530. The van der Waals surface area contributed by atoms with Gasteiger partial charge in [-0.3, -0.25) is 0 Å². The molecular weight excluding hydrogens is 318 g/mol. The maximum absolute atomic E-state index is 3.67. The molecule has 1 atom stereocenters. The van der Waals surface area contributed by atoms with E-state index in [4.69, 9.17) is 0 Å². The number of hydrogen-bond donors (Lipinski definition) is 1. The number of aryl methyl sites for hydroxylation is 2. The molecule has 0 aliphatic carbocycles. The van der Waals surface area contributed by atoms with Crippen molar-refractivity contribution in [3.8, 4) is 0 Å². The smallest absolute Gasteiger partial charge is 0.0320 e. The van der Waals surface area contributed by atoms with Gasteiger partial charge in [0.15, 0.2) is 0 Å². The van der Waals surface area contributed by atoms with E-state index in [1.54, 1.807) is 0 Å². The van der Waals surface area contributed by atoms with E-state index in [9.17, 15) is 0 Å². The van der Waals surface area contributed by atoms with Crippen molar-refractivity contribution in [2.45, 2.75) is 39.8 Å². The van der Waals surface area contributed by atoms with Gasteiger partial charge in [0.05, 0.1) is 0 Å². The summed E-state index contributed by atoms with van der Waals surface area (Å²) >= 11 is 5.37. The van der Waals surface area contributed by atoms with Crippen molar-refractivity contribution < 1.29 is 0 Å². The highest BCUT2D eigenvalue weighted by Crippen LogP contribution is 2.23. The summed E-state index contributed by atoms with van der Waals surface area (Å²) in [6.45, 7) is 7.55. The molecule has 2 aromatic rings. The second-order valence-electron chi connectivity index (χ2n) is 4.83. The van der Waals surface area contributed by atoms with Gasteiger partial charge >= 0.3 is 0 Å². The largest absolute Gasteiger partial charge is 0.306 e. The third-order valence-corrected chi connectivity index (χ3v) is 4.90. The number of rotatable bonds is 5. The topological polar surface area (TPSA) is 12.0 Å². The Balaban J connectivity index is 2.03. The van der Waals surface area contributed by atoms with Gasteiger partial charge in [0.2, 0.25) is 0 Å². The second-order valence-corrected chi connectivity index (χ2v) is 7.21. The zero-order valence-electron chi connectivity index (χ0n) is 11.7. The minimum atomic E-state index is 0.424. The van der Waals surface area contributed by atoms with Crippen LogP contribution < -0.4 is 5.32 Å². The lowest BCUT2D eigenvalue weighted by atomic mass is 10.0. The van der Waals surface area contributed by atoms with E-state index in [-0.39, 0.29) is 0 Å². The van der Waals surface area contributed by atoms with Gasteiger partial charge in [0.1, 0.15) is 0 Å². The van der Waals surface area contributed by atoms with E-state index in [0.29, 0.717) is 6.04 Å². The minimum Gasteiger partial charge on any atom is -0.306 e. The van der Waals surface area contributed by atoms with Gasteiger partial charge in [0.25, 0.3) is 0 Å². The zero-order chi connectivity index (χ0) is 13.8. The average Bonchev–Trinajstić information content (AvgIpc) is 2.71. The highest BCUT2D eigenvalue weighted by atomic mass is 79.9. The molecule has 3 heteroatoms. The van der Waals surface area contributed by atoms with Gasteiger partial charge in [0, 0.05) is 26.8 Å². The molecule has 0 aliphatic rings. The third kappa shape index (κ3) is 3.91. The van der Waals surface area contributed by atoms with Crippen LogP contribution in [-0.2, 0) is 6.54 Å². The normalized spacial score (nSPS) is 12.6. The number of hydrogen-bond acceptors (Lipinski definition) is 2. The van der Waals surface area contributed by atoms with Crippen molar-refractivity contribution in [3.05, 3.63) is 55.7 Å². The molecule has 19 heavy (non-hydrogen) atoms. The SMILES string of the molecule is CCC(NCc1cc(C)sc1C)c1ccc(Br)cc1. The monoisotopic (exact) mass is 337 g/mol. The summed E-state index contributed by atoms with van der Waals surface area (Å²) in [5.41, 5.74) is 2.79. The lowest BCUT2D eigenvalue weighted by molar-refractivity contribution is 0.519. The Kier molecular flexibility index (Phi) is 5.20. The fraction of sp³-hybridized carbons (Fsp3) is 0.375. The van der Waals surface area contributed by atoms with Gasteiger partial charge in [-0.25, -0.2) is 0 Å². The van der Waals surface area contributed by atoms with E-state index < -0.39 is 0 Å². The molecular formula is C16H20BrNS. The van der Waals surface area contributed by atoms with Crippen LogP contribution in [0.2, 0.25) is 0 Å². The standard InChI is InChI=1S/C16H20BrNS/c1-4-16(13-5-7-15(17)8-6-13)18-10-14-9-11(2)19-12(14)3/h5-9,16,18H,4,10H2,1-3H3. The maximum Gasteiger partial charge on any atom is 0.0320 e. The molecule has 1 unspecified atom stereocenters. The number of nitrogens with one attached hydrogen (secondary N) is 1. The highest BCUT2D eigenvalue weighted by molar-refractivity contribution is 9.10. The van der Waals surface area contributed by atoms with Crippen LogP contribution in [0.5, 0.6) is 0 Å². The Morgan fingerprint density at radius 3 is 2.42 bits per heavy atom. The Morgan fingerprint density at radius 1 is 1.21 bits per heavy atom. The average molecular weight is 338 g/mol. The van der Waals surface area contributed by atoms with Gasteiger partial charge in [-0.15, -0.1) is 11.3 Å². The molecule has 0 spiro atoms. The van der Waals surface area contributed by atoms with Crippen LogP contribution >= 0.6 is 27.3 Å². The van der Waals surface area contributed by atoms with Crippen molar-refractivity contribution in [1.82, 2.24) is 5.32 Å². The summed E-state index contributed by atoms with van der Waals surface area (Å²) in [6.07, 6.45) is 1.10. The molecule has 0 aliphatic heterocycles. The number of benzene rings is 1. The predicted octanol–water partition coefficient (Wildman–Crippen LogP) is 5.37. The van der Waals surface area contributed by atoms with E-state index >= 15 is 0 Å². The quantitative estimate of drug-likeness (QED) is 0.773. The predicted molar refractivity (Wildman–Crippen MR) is 87.8 cm³/mol. The molecule has 0 radical (unpaired) electrons. The molecule has 0 saturated carbocycles. The van der Waals surface area contributed by atoms with Gasteiger partial charge in [-0.1, -0.05) is 35.0 Å². The van der Waals surface area contributed by atoms with Crippen LogP contribution in [0, 0.1) is 13.8 Å². The molecule has 0 bridgehead atoms. The van der Waals surface area contributed by atoms with Gasteiger partial charge in [-0.2, -0.15) is 0 Å². The molecule has 1 aromatic carbocycles. The molecule has 1 aromatic heterocycles. The zero-order valence-corrected chi connectivity index (χ0v) is 14.1. The van der Waals surface area contributed by atoms with Crippen LogP contribution in [0.4, 0.5) is 0 Å². The number of thiophene rings is 1. The van der Waals surface area contributed by atoms with Crippen LogP contribution in [0.1, 0.15) is 40.3 Å². The lowest BCUT2D eigenvalue weighted by Gasteiger charge is -2.17. The third-order valence-electron chi connectivity index (χ3n) is 3.36. The first-order chi connectivity index (χ1) is 9.10. The highest BCUT2D eigenvalue weighted by Gasteiger charge is 2.10. The fourth-order valence-electron chi connectivity index (χ4n) is 2.29. The second kappa shape index (κ2) is 6.69.